The molecule has 2 rings (SSSR count). The van der Waals surface area contributed by atoms with Gasteiger partial charge in [0.15, 0.2) is 0 Å². The molecule has 124 valence electrons. The maximum atomic E-state index is 12.3. The summed E-state index contributed by atoms with van der Waals surface area (Å²) in [6.07, 6.45) is 7.40. The van der Waals surface area contributed by atoms with Crippen molar-refractivity contribution in [2.45, 2.75) is 84.5 Å². The van der Waals surface area contributed by atoms with Crippen LogP contribution in [0.25, 0.3) is 0 Å². The van der Waals surface area contributed by atoms with Gasteiger partial charge in [-0.3, -0.25) is 14.8 Å². The summed E-state index contributed by atoms with van der Waals surface area (Å²) in [7, 11) is 0. The maximum Gasteiger partial charge on any atom is 0.237 e. The van der Waals surface area contributed by atoms with Gasteiger partial charge in [-0.15, -0.1) is 0 Å². The lowest BCUT2D eigenvalue weighted by molar-refractivity contribution is -0.123. The van der Waals surface area contributed by atoms with Gasteiger partial charge in [0, 0.05) is 29.9 Å². The van der Waals surface area contributed by atoms with Gasteiger partial charge in [0.2, 0.25) is 5.91 Å². The van der Waals surface area contributed by atoms with Crippen LogP contribution >= 0.6 is 0 Å². The molecule has 0 aliphatic heterocycles. The molecule has 1 aromatic heterocycles. The fourth-order valence-corrected chi connectivity index (χ4v) is 3.31. The Morgan fingerprint density at radius 2 is 2.23 bits per heavy atom. The summed E-state index contributed by atoms with van der Waals surface area (Å²) in [6, 6.07) is 0.304. The summed E-state index contributed by atoms with van der Waals surface area (Å²) in [5, 5.41) is 11.1. The summed E-state index contributed by atoms with van der Waals surface area (Å²) >= 11 is 0. The molecule has 22 heavy (non-hydrogen) atoms. The molecule has 0 fully saturated rings. The molecule has 0 saturated carbocycles. The second-order valence-electron chi connectivity index (χ2n) is 6.39. The Bertz CT molecular complexity index is 497. The Hall–Kier alpha value is -1.36. The number of carbonyl (C=O) groups excluding carboxylic acids is 1. The highest BCUT2D eigenvalue weighted by Crippen LogP contribution is 2.29. The summed E-state index contributed by atoms with van der Waals surface area (Å²) in [5.74, 6) is 0.0935. The highest BCUT2D eigenvalue weighted by molar-refractivity contribution is 5.81. The Labute approximate surface area is 133 Å². The molecule has 0 aromatic carbocycles. The van der Waals surface area contributed by atoms with E-state index in [1.807, 2.05) is 13.1 Å². The summed E-state index contributed by atoms with van der Waals surface area (Å²) < 4.78 is 2.08. The third-order valence-corrected chi connectivity index (χ3v) is 4.52. The minimum atomic E-state index is -0.180. The fraction of sp³-hybridized carbons (Fsp3) is 0.765. The molecule has 1 heterocycles. The Morgan fingerprint density at radius 3 is 2.91 bits per heavy atom. The molecular weight excluding hydrogens is 276 g/mol. The van der Waals surface area contributed by atoms with E-state index in [-0.39, 0.29) is 24.0 Å². The molecule has 5 heteroatoms. The second kappa shape index (κ2) is 7.77. The third-order valence-electron chi connectivity index (χ3n) is 4.52. The number of fused-ring (bicyclic) bond motifs is 1. The predicted molar refractivity (Wildman–Crippen MR) is 88.7 cm³/mol. The molecule has 0 saturated heterocycles. The SMILES string of the molecule is CCC[C@H](C)NC(=O)[C@@H](C)N[C@@H]1CCCc2c1cnn2CC. The highest BCUT2D eigenvalue weighted by Gasteiger charge is 2.26. The van der Waals surface area contributed by atoms with Gasteiger partial charge in [0.1, 0.15) is 0 Å². The van der Waals surface area contributed by atoms with Gasteiger partial charge >= 0.3 is 0 Å². The first-order valence-corrected chi connectivity index (χ1v) is 8.67. The standard InChI is InChI=1S/C17H30N4O/c1-5-8-12(3)19-17(22)13(4)20-15-9-7-10-16-14(15)11-18-21(16)6-2/h11-13,15,20H,5-10H2,1-4H3,(H,19,22)/t12-,13+,15+/m0/s1. The molecule has 2 N–H and O–H groups in total. The third kappa shape index (κ3) is 3.88. The van der Waals surface area contributed by atoms with E-state index in [1.165, 1.54) is 11.3 Å². The van der Waals surface area contributed by atoms with E-state index in [9.17, 15) is 4.79 Å². The quantitative estimate of drug-likeness (QED) is 0.814. The lowest BCUT2D eigenvalue weighted by Crippen LogP contribution is -2.46. The molecule has 3 atom stereocenters. The average molecular weight is 306 g/mol. The summed E-state index contributed by atoms with van der Waals surface area (Å²) in [4.78, 5) is 12.3. The van der Waals surface area contributed by atoms with Crippen molar-refractivity contribution in [2.24, 2.45) is 0 Å². The Morgan fingerprint density at radius 1 is 1.45 bits per heavy atom. The van der Waals surface area contributed by atoms with Crippen LogP contribution in [0.4, 0.5) is 0 Å². The number of nitrogens with zero attached hydrogens (tertiary/aromatic N) is 2. The molecule has 0 unspecified atom stereocenters. The molecule has 0 spiro atoms. The minimum Gasteiger partial charge on any atom is -0.352 e. The van der Waals surface area contributed by atoms with Crippen LogP contribution in [0.2, 0.25) is 0 Å². The number of hydrogen-bond acceptors (Lipinski definition) is 3. The summed E-state index contributed by atoms with van der Waals surface area (Å²) in [5.41, 5.74) is 2.60. The number of rotatable bonds is 7. The van der Waals surface area contributed by atoms with Crippen molar-refractivity contribution in [3.05, 3.63) is 17.5 Å². The minimum absolute atomic E-state index is 0.0935. The molecule has 1 aliphatic rings. The zero-order valence-electron chi connectivity index (χ0n) is 14.4. The van der Waals surface area contributed by atoms with Crippen molar-refractivity contribution in [2.75, 3.05) is 0 Å². The number of amides is 1. The van der Waals surface area contributed by atoms with Gasteiger partial charge in [-0.25, -0.2) is 0 Å². The van der Waals surface area contributed by atoms with Crippen LogP contribution in [-0.4, -0.2) is 27.8 Å². The lowest BCUT2D eigenvalue weighted by atomic mass is 9.92. The topological polar surface area (TPSA) is 59.0 Å². The monoisotopic (exact) mass is 306 g/mol. The molecule has 0 radical (unpaired) electrons. The first-order chi connectivity index (χ1) is 10.6. The van der Waals surface area contributed by atoms with Crippen molar-refractivity contribution < 1.29 is 4.79 Å². The van der Waals surface area contributed by atoms with Crippen molar-refractivity contribution in [3.8, 4) is 0 Å². The van der Waals surface area contributed by atoms with Crippen LogP contribution in [0.3, 0.4) is 0 Å². The lowest BCUT2D eigenvalue weighted by Gasteiger charge is -2.27. The van der Waals surface area contributed by atoms with Gasteiger partial charge in [-0.05, 0) is 46.5 Å². The van der Waals surface area contributed by atoms with Crippen molar-refractivity contribution in [1.82, 2.24) is 20.4 Å². The average Bonchev–Trinajstić information content (AvgIpc) is 2.91. The number of hydrogen-bond donors (Lipinski definition) is 2. The number of aryl methyl sites for hydroxylation is 1. The van der Waals surface area contributed by atoms with Crippen LogP contribution in [0.15, 0.2) is 6.20 Å². The number of aromatic nitrogens is 2. The summed E-state index contributed by atoms with van der Waals surface area (Å²) in [6.45, 7) is 9.19. The van der Waals surface area contributed by atoms with Crippen LogP contribution < -0.4 is 10.6 Å². The normalized spacial score (nSPS) is 20.3. The fourth-order valence-electron chi connectivity index (χ4n) is 3.31. The van der Waals surface area contributed by atoms with Crippen molar-refractivity contribution in [3.63, 3.8) is 0 Å². The van der Waals surface area contributed by atoms with Crippen molar-refractivity contribution in [1.29, 1.82) is 0 Å². The zero-order valence-corrected chi connectivity index (χ0v) is 14.4. The molecule has 1 aliphatic carbocycles. The van der Waals surface area contributed by atoms with E-state index in [2.05, 4.69) is 41.2 Å². The van der Waals surface area contributed by atoms with E-state index in [0.717, 1.165) is 38.6 Å². The van der Waals surface area contributed by atoms with Gasteiger partial charge in [0.25, 0.3) is 0 Å². The van der Waals surface area contributed by atoms with Gasteiger partial charge in [0.05, 0.1) is 12.2 Å². The van der Waals surface area contributed by atoms with Gasteiger partial charge in [-0.1, -0.05) is 13.3 Å². The van der Waals surface area contributed by atoms with E-state index in [0.29, 0.717) is 0 Å². The molecule has 0 bridgehead atoms. The van der Waals surface area contributed by atoms with Crippen LogP contribution in [-0.2, 0) is 17.8 Å². The van der Waals surface area contributed by atoms with E-state index >= 15 is 0 Å². The van der Waals surface area contributed by atoms with Crippen LogP contribution in [0, 0.1) is 0 Å². The zero-order chi connectivity index (χ0) is 16.1. The molecule has 1 aromatic rings. The molecular formula is C17H30N4O. The predicted octanol–water partition coefficient (Wildman–Crippen LogP) is 2.56. The first kappa shape index (κ1) is 17.0. The van der Waals surface area contributed by atoms with E-state index < -0.39 is 0 Å². The van der Waals surface area contributed by atoms with Gasteiger partial charge in [-0.2, -0.15) is 5.10 Å². The molecule has 5 nitrogen and oxygen atoms in total. The second-order valence-corrected chi connectivity index (χ2v) is 6.39. The first-order valence-electron chi connectivity index (χ1n) is 8.67. The number of carbonyl (C=O) groups is 1. The highest BCUT2D eigenvalue weighted by atomic mass is 16.2. The van der Waals surface area contributed by atoms with Crippen LogP contribution in [0.5, 0.6) is 0 Å². The van der Waals surface area contributed by atoms with Gasteiger partial charge < -0.3 is 5.32 Å². The Balaban J connectivity index is 1.96. The van der Waals surface area contributed by atoms with E-state index in [4.69, 9.17) is 0 Å². The van der Waals surface area contributed by atoms with Crippen molar-refractivity contribution >= 4 is 5.91 Å². The largest absolute Gasteiger partial charge is 0.352 e. The Kier molecular flexibility index (Phi) is 6.00. The van der Waals surface area contributed by atoms with Crippen LogP contribution in [0.1, 0.15) is 70.7 Å². The maximum absolute atomic E-state index is 12.3. The molecule has 1 amide bonds. The number of nitrogens with one attached hydrogen (secondary N) is 2. The van der Waals surface area contributed by atoms with E-state index in [1.54, 1.807) is 0 Å². The smallest absolute Gasteiger partial charge is 0.237 e.